The van der Waals surface area contributed by atoms with Gasteiger partial charge in [0.1, 0.15) is 10.6 Å². The second-order valence-electron chi connectivity index (χ2n) is 7.14. The van der Waals surface area contributed by atoms with E-state index in [0.29, 0.717) is 23.9 Å². The molecule has 0 spiro atoms. The zero-order valence-corrected chi connectivity index (χ0v) is 18.0. The lowest BCUT2D eigenvalue weighted by Gasteiger charge is -2.28. The number of hydrogen-bond donors (Lipinski definition) is 1. The molecule has 1 amide bonds. The SMILES string of the molecule is CC(OC(=O)c1cc(-c2ccccc2)c(N2CCOCC2)s1)C(=O)NCc1ccco1. The van der Waals surface area contributed by atoms with Gasteiger partial charge in [-0.15, -0.1) is 11.3 Å². The van der Waals surface area contributed by atoms with Gasteiger partial charge in [0, 0.05) is 18.7 Å². The standard InChI is InChI=1S/C23H24N2O5S/c1-16(21(26)24-15-18-8-5-11-29-18)30-23(27)20-14-19(17-6-3-2-4-7-17)22(31-20)25-9-12-28-13-10-25/h2-8,11,14,16H,9-10,12-13,15H2,1H3,(H,24,26). The Labute approximate surface area is 184 Å². The first-order valence-electron chi connectivity index (χ1n) is 10.1. The largest absolute Gasteiger partial charge is 0.467 e. The van der Waals surface area contributed by atoms with E-state index in [2.05, 4.69) is 10.2 Å². The highest BCUT2D eigenvalue weighted by molar-refractivity contribution is 7.18. The van der Waals surface area contributed by atoms with Crippen LogP contribution in [0.4, 0.5) is 5.00 Å². The zero-order chi connectivity index (χ0) is 21.6. The van der Waals surface area contributed by atoms with Crippen LogP contribution in [0.25, 0.3) is 11.1 Å². The van der Waals surface area contributed by atoms with Crippen molar-refractivity contribution >= 4 is 28.2 Å². The first kappa shape index (κ1) is 21.1. The van der Waals surface area contributed by atoms with Crippen molar-refractivity contribution in [2.24, 2.45) is 0 Å². The van der Waals surface area contributed by atoms with Gasteiger partial charge in [0.2, 0.25) is 0 Å². The highest BCUT2D eigenvalue weighted by atomic mass is 32.1. The van der Waals surface area contributed by atoms with Gasteiger partial charge in [-0.1, -0.05) is 30.3 Å². The summed E-state index contributed by atoms with van der Waals surface area (Å²) in [5.41, 5.74) is 2.01. The van der Waals surface area contributed by atoms with Crippen molar-refractivity contribution in [2.45, 2.75) is 19.6 Å². The summed E-state index contributed by atoms with van der Waals surface area (Å²) in [6.45, 7) is 4.63. The molecule has 1 atom stereocenters. The number of hydrogen-bond acceptors (Lipinski definition) is 7. The molecule has 0 radical (unpaired) electrons. The van der Waals surface area contributed by atoms with Gasteiger partial charge in [0.25, 0.3) is 5.91 Å². The molecular formula is C23H24N2O5S. The maximum atomic E-state index is 12.8. The van der Waals surface area contributed by atoms with E-state index in [1.54, 1.807) is 19.1 Å². The lowest BCUT2D eigenvalue weighted by Crippen LogP contribution is -2.36. The van der Waals surface area contributed by atoms with E-state index < -0.39 is 12.1 Å². The minimum atomic E-state index is -0.920. The Morgan fingerprint density at radius 2 is 1.94 bits per heavy atom. The van der Waals surface area contributed by atoms with Crippen LogP contribution in [0.1, 0.15) is 22.4 Å². The van der Waals surface area contributed by atoms with Crippen molar-refractivity contribution in [3.05, 3.63) is 65.4 Å². The van der Waals surface area contributed by atoms with Crippen LogP contribution in [0.3, 0.4) is 0 Å². The number of thiophene rings is 1. The highest BCUT2D eigenvalue weighted by Gasteiger charge is 2.25. The summed E-state index contributed by atoms with van der Waals surface area (Å²) < 4.78 is 16.1. The molecule has 0 bridgehead atoms. The summed E-state index contributed by atoms with van der Waals surface area (Å²) in [5, 5.41) is 3.72. The number of anilines is 1. The van der Waals surface area contributed by atoms with Crippen LogP contribution in [-0.4, -0.2) is 44.3 Å². The van der Waals surface area contributed by atoms with Crippen LogP contribution in [0.15, 0.2) is 59.2 Å². The Kier molecular flexibility index (Phi) is 6.69. The third kappa shape index (κ3) is 5.15. The number of benzene rings is 1. The molecular weight excluding hydrogens is 416 g/mol. The number of ether oxygens (including phenoxy) is 2. The quantitative estimate of drug-likeness (QED) is 0.564. The van der Waals surface area contributed by atoms with Crippen LogP contribution in [-0.2, 0) is 20.8 Å². The first-order chi connectivity index (χ1) is 15.1. The van der Waals surface area contributed by atoms with E-state index in [9.17, 15) is 9.59 Å². The predicted molar refractivity (Wildman–Crippen MR) is 118 cm³/mol. The smallest absolute Gasteiger partial charge is 0.349 e. The van der Waals surface area contributed by atoms with Crippen molar-refractivity contribution < 1.29 is 23.5 Å². The Bertz CT molecular complexity index is 1010. The molecule has 7 nitrogen and oxygen atoms in total. The average Bonchev–Trinajstić information content (AvgIpc) is 3.49. The van der Waals surface area contributed by atoms with E-state index in [1.165, 1.54) is 17.6 Å². The molecule has 1 fully saturated rings. The fourth-order valence-corrected chi connectivity index (χ4v) is 4.43. The molecule has 2 aromatic heterocycles. The van der Waals surface area contributed by atoms with Crippen molar-refractivity contribution in [2.75, 3.05) is 31.2 Å². The summed E-state index contributed by atoms with van der Waals surface area (Å²) in [6, 6.07) is 15.3. The number of esters is 1. The number of morpholine rings is 1. The average molecular weight is 441 g/mol. The maximum Gasteiger partial charge on any atom is 0.349 e. The zero-order valence-electron chi connectivity index (χ0n) is 17.2. The molecule has 1 aromatic carbocycles. The number of furan rings is 1. The molecule has 1 unspecified atom stereocenters. The van der Waals surface area contributed by atoms with Gasteiger partial charge < -0.3 is 24.1 Å². The summed E-state index contributed by atoms with van der Waals surface area (Å²) >= 11 is 1.38. The van der Waals surface area contributed by atoms with Crippen molar-refractivity contribution in [1.29, 1.82) is 0 Å². The molecule has 162 valence electrons. The van der Waals surface area contributed by atoms with Crippen LogP contribution in [0.2, 0.25) is 0 Å². The monoisotopic (exact) mass is 440 g/mol. The van der Waals surface area contributed by atoms with Crippen LogP contribution in [0.5, 0.6) is 0 Å². The number of rotatable bonds is 7. The molecule has 1 N–H and O–H groups in total. The molecule has 3 heterocycles. The number of amides is 1. The van der Waals surface area contributed by atoms with E-state index >= 15 is 0 Å². The predicted octanol–water partition coefficient (Wildman–Crippen LogP) is 3.71. The van der Waals surface area contributed by atoms with Gasteiger partial charge >= 0.3 is 5.97 Å². The van der Waals surface area contributed by atoms with Crippen LogP contribution >= 0.6 is 11.3 Å². The van der Waals surface area contributed by atoms with Crippen molar-refractivity contribution in [3.63, 3.8) is 0 Å². The highest BCUT2D eigenvalue weighted by Crippen LogP contribution is 2.39. The van der Waals surface area contributed by atoms with Crippen molar-refractivity contribution in [1.82, 2.24) is 5.32 Å². The molecule has 0 saturated carbocycles. The van der Waals surface area contributed by atoms with Crippen LogP contribution < -0.4 is 10.2 Å². The number of carbonyl (C=O) groups excluding carboxylic acids is 2. The molecule has 0 aliphatic carbocycles. The summed E-state index contributed by atoms with van der Waals surface area (Å²) in [7, 11) is 0. The third-order valence-electron chi connectivity index (χ3n) is 4.97. The van der Waals surface area contributed by atoms with Gasteiger partial charge in [0.05, 0.1) is 31.0 Å². The summed E-state index contributed by atoms with van der Waals surface area (Å²) in [5.74, 6) is -0.256. The maximum absolute atomic E-state index is 12.8. The van der Waals surface area contributed by atoms with Gasteiger partial charge in [-0.05, 0) is 30.7 Å². The van der Waals surface area contributed by atoms with E-state index in [0.717, 1.165) is 29.2 Å². The lowest BCUT2D eigenvalue weighted by atomic mass is 10.1. The van der Waals surface area contributed by atoms with Gasteiger partial charge in [-0.3, -0.25) is 4.79 Å². The molecule has 8 heteroatoms. The van der Waals surface area contributed by atoms with E-state index in [1.807, 2.05) is 36.4 Å². The second-order valence-corrected chi connectivity index (χ2v) is 8.17. The Morgan fingerprint density at radius 3 is 2.65 bits per heavy atom. The molecule has 31 heavy (non-hydrogen) atoms. The minimum Gasteiger partial charge on any atom is -0.467 e. The normalized spacial score (nSPS) is 14.8. The van der Waals surface area contributed by atoms with Gasteiger partial charge in [0.15, 0.2) is 6.10 Å². The lowest BCUT2D eigenvalue weighted by molar-refractivity contribution is -0.129. The fourth-order valence-electron chi connectivity index (χ4n) is 3.31. The Hall–Kier alpha value is -3.10. The minimum absolute atomic E-state index is 0.242. The van der Waals surface area contributed by atoms with E-state index in [4.69, 9.17) is 13.9 Å². The molecule has 4 rings (SSSR count). The summed E-state index contributed by atoms with van der Waals surface area (Å²) in [6.07, 6.45) is 0.620. The number of nitrogens with one attached hydrogen (secondary N) is 1. The molecule has 3 aromatic rings. The topological polar surface area (TPSA) is 81.0 Å². The molecule has 1 saturated heterocycles. The van der Waals surface area contributed by atoms with Crippen LogP contribution in [0, 0.1) is 0 Å². The Morgan fingerprint density at radius 1 is 1.16 bits per heavy atom. The summed E-state index contributed by atoms with van der Waals surface area (Å²) in [4.78, 5) is 27.8. The first-order valence-corrected chi connectivity index (χ1v) is 11.0. The second kappa shape index (κ2) is 9.80. The van der Waals surface area contributed by atoms with Gasteiger partial charge in [-0.25, -0.2) is 4.79 Å². The van der Waals surface area contributed by atoms with Crippen molar-refractivity contribution in [3.8, 4) is 11.1 Å². The molecule has 1 aliphatic rings. The van der Waals surface area contributed by atoms with E-state index in [-0.39, 0.29) is 12.5 Å². The Balaban J connectivity index is 1.48. The number of carbonyl (C=O) groups is 2. The fraction of sp³-hybridized carbons (Fsp3) is 0.304. The van der Waals surface area contributed by atoms with Gasteiger partial charge in [-0.2, -0.15) is 0 Å². The third-order valence-corrected chi connectivity index (χ3v) is 6.14. The molecule has 1 aliphatic heterocycles. The number of nitrogens with zero attached hydrogens (tertiary/aromatic N) is 1.